The largest absolute Gasteiger partial charge is 0.486 e. The first-order valence-electron chi connectivity index (χ1n) is 13.1. The molecule has 1 aliphatic carbocycles. The third-order valence-electron chi connectivity index (χ3n) is 7.74. The molecule has 0 bridgehead atoms. The van der Waals surface area contributed by atoms with Crippen LogP contribution >= 0.6 is 0 Å². The number of hydrogen-bond donors (Lipinski definition) is 1. The molecule has 0 radical (unpaired) electrons. The van der Waals surface area contributed by atoms with Crippen LogP contribution in [0.1, 0.15) is 47.1 Å². The van der Waals surface area contributed by atoms with Crippen molar-refractivity contribution in [1.82, 2.24) is 19.9 Å². The summed E-state index contributed by atoms with van der Waals surface area (Å²) >= 11 is 0. The van der Waals surface area contributed by atoms with Crippen LogP contribution in [0, 0.1) is 12.7 Å². The summed E-state index contributed by atoms with van der Waals surface area (Å²) in [6.07, 6.45) is 6.54. The fourth-order valence-electron chi connectivity index (χ4n) is 5.73. The van der Waals surface area contributed by atoms with E-state index in [0.29, 0.717) is 19.1 Å². The molecule has 0 atom stereocenters. The van der Waals surface area contributed by atoms with Crippen LogP contribution < -0.4 is 14.4 Å². The molecule has 4 heterocycles. The summed E-state index contributed by atoms with van der Waals surface area (Å²) in [5.41, 5.74) is 7.34. The number of aryl methyl sites for hydroxylation is 1. The molecular formula is C30H28FN5O2. The minimum Gasteiger partial charge on any atom is -0.486 e. The number of allylic oxidation sites excluding steroid dienone is 1. The van der Waals surface area contributed by atoms with Gasteiger partial charge in [-0.1, -0.05) is 12.1 Å². The van der Waals surface area contributed by atoms with Crippen LogP contribution in [0.3, 0.4) is 0 Å². The number of benzene rings is 2. The maximum Gasteiger partial charge on any atom is 0.162 e. The topological polar surface area (TPSA) is 76.2 Å². The zero-order chi connectivity index (χ0) is 25.6. The number of hydrogen-bond acceptors (Lipinski definition) is 6. The van der Waals surface area contributed by atoms with E-state index in [4.69, 9.17) is 14.5 Å². The van der Waals surface area contributed by atoms with Gasteiger partial charge in [0.2, 0.25) is 0 Å². The zero-order valence-corrected chi connectivity index (χ0v) is 21.2. The second-order valence-electron chi connectivity index (χ2n) is 10.1. The maximum atomic E-state index is 13.4. The molecule has 3 aliphatic rings. The van der Waals surface area contributed by atoms with Crippen molar-refractivity contribution in [2.24, 2.45) is 0 Å². The molecule has 38 heavy (non-hydrogen) atoms. The number of nitrogens with one attached hydrogen (secondary N) is 1. The average Bonchev–Trinajstić information content (AvgIpc) is 3.57. The van der Waals surface area contributed by atoms with Crippen LogP contribution in [0.25, 0.3) is 22.9 Å². The minimum atomic E-state index is -0.224. The lowest BCUT2D eigenvalue weighted by molar-refractivity contribution is 0.171. The van der Waals surface area contributed by atoms with Gasteiger partial charge in [0.1, 0.15) is 37.0 Å². The van der Waals surface area contributed by atoms with Gasteiger partial charge < -0.3 is 19.4 Å². The van der Waals surface area contributed by atoms with E-state index in [1.165, 1.54) is 12.1 Å². The number of H-pyrrole nitrogens is 1. The highest BCUT2D eigenvalue weighted by Gasteiger charge is 2.28. The molecule has 2 aromatic carbocycles. The second-order valence-corrected chi connectivity index (χ2v) is 10.1. The fraction of sp³-hybridized carbons (Fsp3) is 0.300. The molecule has 2 aromatic heterocycles. The zero-order valence-electron chi connectivity index (χ0n) is 21.2. The van der Waals surface area contributed by atoms with E-state index in [0.717, 1.165) is 94.8 Å². The molecule has 2 aliphatic heterocycles. The Morgan fingerprint density at radius 3 is 2.53 bits per heavy atom. The number of ether oxygens (including phenoxy) is 2. The molecule has 192 valence electrons. The van der Waals surface area contributed by atoms with Crippen molar-refractivity contribution in [3.8, 4) is 22.8 Å². The first kappa shape index (κ1) is 23.0. The van der Waals surface area contributed by atoms with E-state index in [-0.39, 0.29) is 5.82 Å². The Hall–Kier alpha value is -4.20. The Kier molecular flexibility index (Phi) is 5.60. The van der Waals surface area contributed by atoms with E-state index in [1.807, 2.05) is 30.3 Å². The summed E-state index contributed by atoms with van der Waals surface area (Å²) in [4.78, 5) is 20.2. The highest BCUT2D eigenvalue weighted by Crippen LogP contribution is 2.39. The summed E-state index contributed by atoms with van der Waals surface area (Å²) in [5.74, 6) is 3.72. The van der Waals surface area contributed by atoms with Gasteiger partial charge in [-0.15, -0.1) is 0 Å². The Balaban J connectivity index is 1.08. The number of anilines is 1. The predicted octanol–water partition coefficient (Wildman–Crippen LogP) is 5.57. The number of aromatic amines is 1. The van der Waals surface area contributed by atoms with E-state index in [9.17, 15) is 4.39 Å². The van der Waals surface area contributed by atoms with Crippen LogP contribution in [0.4, 0.5) is 10.2 Å². The Labute approximate surface area is 220 Å². The fourth-order valence-corrected chi connectivity index (χ4v) is 5.73. The molecule has 8 heteroatoms. The lowest BCUT2D eigenvalue weighted by Crippen LogP contribution is -2.34. The number of fused-ring (bicyclic) bond motifs is 2. The van der Waals surface area contributed by atoms with Gasteiger partial charge in [0.25, 0.3) is 0 Å². The summed E-state index contributed by atoms with van der Waals surface area (Å²) in [5, 5.41) is 0. The van der Waals surface area contributed by atoms with E-state index in [2.05, 4.69) is 32.9 Å². The summed E-state index contributed by atoms with van der Waals surface area (Å²) in [6, 6.07) is 12.7. The summed E-state index contributed by atoms with van der Waals surface area (Å²) in [6.45, 7) is 5.02. The van der Waals surface area contributed by atoms with Crippen molar-refractivity contribution in [2.45, 2.75) is 32.1 Å². The number of rotatable bonds is 4. The smallest absolute Gasteiger partial charge is 0.162 e. The predicted molar refractivity (Wildman–Crippen MR) is 144 cm³/mol. The van der Waals surface area contributed by atoms with E-state index in [1.54, 1.807) is 6.33 Å². The van der Waals surface area contributed by atoms with Crippen molar-refractivity contribution in [1.29, 1.82) is 0 Å². The summed E-state index contributed by atoms with van der Waals surface area (Å²) < 4.78 is 24.8. The lowest BCUT2D eigenvalue weighted by Gasteiger charge is -2.32. The van der Waals surface area contributed by atoms with Crippen LogP contribution in [0.2, 0.25) is 0 Å². The van der Waals surface area contributed by atoms with Crippen LogP contribution in [0.15, 0.2) is 48.8 Å². The van der Waals surface area contributed by atoms with Gasteiger partial charge in [-0.05, 0) is 67.3 Å². The second kappa shape index (κ2) is 9.28. The molecule has 1 saturated heterocycles. The van der Waals surface area contributed by atoms with E-state index < -0.39 is 0 Å². The highest BCUT2D eigenvalue weighted by atomic mass is 19.1. The Morgan fingerprint density at radius 2 is 1.71 bits per heavy atom. The standard InChI is InChI=1S/C30H28FN5O2/c1-18-28(21-4-7-26-27(16-21)38-13-12-37-26)35-29(34-18)20-8-10-36(11-9-20)30-24-14-22(15-25(24)32-17-33-30)19-2-5-23(31)6-3-19/h2-7,14,16-17,20H,8-13,15H2,1H3,(H,34,35). The summed E-state index contributed by atoms with van der Waals surface area (Å²) in [7, 11) is 0. The Bertz CT molecular complexity index is 1540. The minimum absolute atomic E-state index is 0.224. The van der Waals surface area contributed by atoms with Crippen molar-refractivity contribution < 1.29 is 13.9 Å². The number of nitrogens with zero attached hydrogens (tertiary/aromatic N) is 4. The first-order valence-corrected chi connectivity index (χ1v) is 13.1. The SMILES string of the molecule is Cc1[nH]c(C2CCN(c3ncnc4c3C=C(c3ccc(F)cc3)C4)CC2)nc1-c1ccc2c(c1)OCCO2. The average molecular weight is 510 g/mol. The van der Waals surface area contributed by atoms with Crippen LogP contribution in [-0.4, -0.2) is 46.2 Å². The molecule has 0 saturated carbocycles. The molecule has 1 fully saturated rings. The molecular weight excluding hydrogens is 481 g/mol. The van der Waals surface area contributed by atoms with Gasteiger partial charge in [-0.3, -0.25) is 0 Å². The number of halogens is 1. The number of imidazole rings is 1. The van der Waals surface area contributed by atoms with Gasteiger partial charge in [-0.2, -0.15) is 0 Å². The molecule has 4 aromatic rings. The molecule has 1 N–H and O–H groups in total. The van der Waals surface area contributed by atoms with Gasteiger partial charge >= 0.3 is 0 Å². The van der Waals surface area contributed by atoms with Crippen molar-refractivity contribution in [3.05, 3.63) is 82.9 Å². The molecule has 0 amide bonds. The molecule has 7 rings (SSSR count). The van der Waals surface area contributed by atoms with Gasteiger partial charge in [-0.25, -0.2) is 19.3 Å². The van der Waals surface area contributed by atoms with Crippen molar-refractivity contribution in [3.63, 3.8) is 0 Å². The van der Waals surface area contributed by atoms with Crippen molar-refractivity contribution >= 4 is 17.5 Å². The quantitative estimate of drug-likeness (QED) is 0.388. The van der Waals surface area contributed by atoms with Crippen molar-refractivity contribution in [2.75, 3.05) is 31.2 Å². The molecule has 0 spiro atoms. The van der Waals surface area contributed by atoms with Crippen LogP contribution in [-0.2, 0) is 6.42 Å². The monoisotopic (exact) mass is 509 g/mol. The Morgan fingerprint density at radius 1 is 0.947 bits per heavy atom. The van der Waals surface area contributed by atoms with Gasteiger partial charge in [0.15, 0.2) is 11.5 Å². The van der Waals surface area contributed by atoms with E-state index >= 15 is 0 Å². The first-order chi connectivity index (χ1) is 18.6. The lowest BCUT2D eigenvalue weighted by atomic mass is 9.96. The molecule has 7 nitrogen and oxygen atoms in total. The number of piperidine rings is 1. The third kappa shape index (κ3) is 4.10. The maximum absolute atomic E-state index is 13.4. The van der Waals surface area contributed by atoms with Gasteiger partial charge in [0, 0.05) is 42.2 Å². The molecule has 0 unspecified atom stereocenters. The highest BCUT2D eigenvalue weighted by molar-refractivity contribution is 5.91. The van der Waals surface area contributed by atoms with Gasteiger partial charge in [0.05, 0.1) is 11.4 Å². The number of aromatic nitrogens is 4. The van der Waals surface area contributed by atoms with Crippen LogP contribution in [0.5, 0.6) is 11.5 Å². The normalized spacial score (nSPS) is 16.9. The third-order valence-corrected chi connectivity index (χ3v) is 7.74.